The molecule has 0 atom stereocenters. The molecule has 0 heterocycles. The summed E-state index contributed by atoms with van der Waals surface area (Å²) < 4.78 is 0. The van der Waals surface area contributed by atoms with E-state index in [-0.39, 0.29) is 0 Å². The van der Waals surface area contributed by atoms with Gasteiger partial charge in [-0.3, -0.25) is 0 Å². The highest BCUT2D eigenvalue weighted by molar-refractivity contribution is 4.57. The Morgan fingerprint density at radius 1 is 0.0633 bits per heavy atom. The van der Waals surface area contributed by atoms with Gasteiger partial charge in [0.05, 0.1) is 0 Å². The summed E-state index contributed by atoms with van der Waals surface area (Å²) in [6, 6.07) is 0. The van der Waals surface area contributed by atoms with Crippen LogP contribution in [0.4, 0.5) is 0 Å². The average molecular weight is 1110 g/mol. The Bertz CT molecular complexity index is 889. The van der Waals surface area contributed by atoms with E-state index in [4.69, 9.17) is 0 Å². The van der Waals surface area contributed by atoms with Crippen molar-refractivity contribution in [2.45, 2.75) is 508 Å². The molecule has 0 aromatic rings. The second kappa shape index (κ2) is 78.0. The molecule has 79 heavy (non-hydrogen) atoms. The number of hydrogen-bond donors (Lipinski definition) is 0. The van der Waals surface area contributed by atoms with E-state index < -0.39 is 0 Å². The Kier molecular flexibility index (Phi) is 78.0. The van der Waals surface area contributed by atoms with Gasteiger partial charge >= 0.3 is 0 Å². The van der Waals surface area contributed by atoms with E-state index in [1.54, 1.807) is 0 Å². The zero-order valence-electron chi connectivity index (χ0n) is 56.4. The maximum atomic E-state index is 2.32. The highest BCUT2D eigenvalue weighted by atomic mass is 14.1. The quantitative estimate of drug-likeness (QED) is 0.0533. The summed E-state index contributed by atoms with van der Waals surface area (Å²) >= 11 is 0. The highest BCUT2D eigenvalue weighted by Crippen LogP contribution is 2.21. The first-order valence-electron chi connectivity index (χ1n) is 39.4. The third-order valence-corrected chi connectivity index (χ3v) is 19.2. The van der Waals surface area contributed by atoms with Crippen molar-refractivity contribution < 1.29 is 0 Å². The molecule has 0 aromatic heterocycles. The van der Waals surface area contributed by atoms with Gasteiger partial charge in [0, 0.05) is 0 Å². The molecule has 0 aliphatic heterocycles. The topological polar surface area (TPSA) is 0 Å². The Balaban J connectivity index is 3.08. The van der Waals surface area contributed by atoms with Gasteiger partial charge in [0.1, 0.15) is 0 Å². The van der Waals surface area contributed by atoms with Crippen molar-refractivity contribution >= 4 is 0 Å². The average Bonchev–Trinajstić information content (AvgIpc) is 3.46. The Labute approximate surface area is 505 Å². The lowest BCUT2D eigenvalue weighted by Gasteiger charge is -2.05. The van der Waals surface area contributed by atoms with E-state index >= 15 is 0 Å². The molecule has 0 aliphatic carbocycles. The molecule has 0 amide bonds. The summed E-state index contributed by atoms with van der Waals surface area (Å²) in [4.78, 5) is 0. The third kappa shape index (κ3) is 78.0. The zero-order valence-corrected chi connectivity index (χ0v) is 56.4. The van der Waals surface area contributed by atoms with Crippen molar-refractivity contribution in [1.82, 2.24) is 0 Å². The van der Waals surface area contributed by atoms with Gasteiger partial charge in [-0.15, -0.1) is 0 Å². The normalized spacial score (nSPS) is 11.8. The largest absolute Gasteiger partial charge is 0.0654 e. The van der Waals surface area contributed by atoms with Gasteiger partial charge in [-0.2, -0.15) is 0 Å². The summed E-state index contributed by atoms with van der Waals surface area (Å²) in [6.07, 6.45) is 115. The van der Waals surface area contributed by atoms with Gasteiger partial charge in [-0.1, -0.05) is 508 Å². The molecule has 476 valence electrons. The van der Waals surface area contributed by atoms with Gasteiger partial charge in [0.15, 0.2) is 0 Å². The fraction of sp³-hybridized carbons (Fsp3) is 1.00. The van der Waals surface area contributed by atoms with Crippen molar-refractivity contribution in [3.63, 3.8) is 0 Å². The maximum Gasteiger partial charge on any atom is -0.0533 e. The van der Waals surface area contributed by atoms with Crippen LogP contribution in [-0.4, -0.2) is 0 Å². The van der Waals surface area contributed by atoms with Crippen LogP contribution in [0.15, 0.2) is 0 Å². The molecule has 0 spiro atoms. The Morgan fingerprint density at radius 2 is 0.101 bits per heavy atom. The second-order valence-electron chi connectivity index (χ2n) is 27.5. The van der Waals surface area contributed by atoms with Crippen LogP contribution in [0, 0.1) is 0 Å². The fourth-order valence-electron chi connectivity index (χ4n) is 13.4. The molecule has 0 N–H and O–H groups in total. The van der Waals surface area contributed by atoms with Crippen LogP contribution in [0.2, 0.25) is 0 Å². The second-order valence-corrected chi connectivity index (χ2v) is 27.5. The summed E-state index contributed by atoms with van der Waals surface area (Å²) in [5, 5.41) is 0. The van der Waals surface area contributed by atoms with Crippen molar-refractivity contribution in [1.29, 1.82) is 0 Å². The predicted molar refractivity (Wildman–Crippen MR) is 367 cm³/mol. The highest BCUT2D eigenvalue weighted by Gasteiger charge is 2.02. The van der Waals surface area contributed by atoms with Crippen molar-refractivity contribution in [2.24, 2.45) is 0 Å². The van der Waals surface area contributed by atoms with Crippen molar-refractivity contribution in [3.05, 3.63) is 0 Å². The molecular weight excluding hydrogens is 949 g/mol. The molecular formula is C79H160. The smallest absolute Gasteiger partial charge is 0.0533 e. The number of unbranched alkanes of at least 4 members (excludes halogenated alkanes) is 76. The lowest BCUT2D eigenvalue weighted by Crippen LogP contribution is -1.85. The third-order valence-electron chi connectivity index (χ3n) is 19.2. The first kappa shape index (κ1) is 79.0. The lowest BCUT2D eigenvalue weighted by molar-refractivity contribution is 0.506. The molecule has 0 saturated heterocycles. The van der Waals surface area contributed by atoms with Crippen molar-refractivity contribution in [3.8, 4) is 0 Å². The molecule has 0 aliphatic rings. The van der Waals surface area contributed by atoms with Crippen LogP contribution in [0.25, 0.3) is 0 Å². The lowest BCUT2D eigenvalue weighted by atomic mass is 10.0. The maximum absolute atomic E-state index is 2.32. The van der Waals surface area contributed by atoms with Crippen LogP contribution in [0.3, 0.4) is 0 Å². The standard InChI is InChI=1S/C79H160/c1-3-5-7-9-11-13-15-17-19-21-23-25-27-29-31-33-35-37-39-41-43-45-47-49-51-53-55-57-59-61-63-65-67-69-71-73-75-77-79-78-76-74-72-70-68-66-64-62-60-58-56-54-52-50-48-46-44-42-40-38-36-34-32-30-28-26-24-22-20-18-16-14-12-10-8-6-4-2/h3-79H2,1-2H3. The van der Waals surface area contributed by atoms with Crippen LogP contribution in [0.1, 0.15) is 508 Å². The first-order valence-corrected chi connectivity index (χ1v) is 39.4. The molecule has 0 unspecified atom stereocenters. The van der Waals surface area contributed by atoms with Crippen molar-refractivity contribution in [2.75, 3.05) is 0 Å². The molecule has 0 rings (SSSR count). The van der Waals surface area contributed by atoms with Crippen LogP contribution in [0.5, 0.6) is 0 Å². The number of hydrogen-bond acceptors (Lipinski definition) is 0. The Morgan fingerprint density at radius 3 is 0.139 bits per heavy atom. The van der Waals surface area contributed by atoms with Crippen LogP contribution < -0.4 is 0 Å². The minimum absolute atomic E-state index is 1.37. The molecule has 0 heteroatoms. The van der Waals surface area contributed by atoms with E-state index in [2.05, 4.69) is 13.8 Å². The van der Waals surface area contributed by atoms with E-state index in [0.717, 1.165) is 0 Å². The summed E-state index contributed by atoms with van der Waals surface area (Å²) in [7, 11) is 0. The fourth-order valence-corrected chi connectivity index (χ4v) is 13.4. The van der Waals surface area contributed by atoms with E-state index in [1.165, 1.54) is 494 Å². The summed E-state index contributed by atoms with van der Waals surface area (Å²) in [6.45, 7) is 4.63. The van der Waals surface area contributed by atoms with Gasteiger partial charge in [-0.05, 0) is 0 Å². The monoisotopic (exact) mass is 1110 g/mol. The minimum atomic E-state index is 1.37. The predicted octanol–water partition coefficient (Wildman–Crippen LogP) is 31.1. The van der Waals surface area contributed by atoms with Gasteiger partial charge in [-0.25, -0.2) is 0 Å². The SMILES string of the molecule is CCCCCCCCCCCCCCCCCCCCCCCCCCCCCCCCCCCCCCCCCCCCCCCCCCCCCCCCCCCCCCCCCCCCCCCCCCCCCCC. The van der Waals surface area contributed by atoms with E-state index in [9.17, 15) is 0 Å². The molecule has 0 saturated carbocycles. The minimum Gasteiger partial charge on any atom is -0.0654 e. The number of rotatable bonds is 76. The van der Waals surface area contributed by atoms with E-state index in [0.29, 0.717) is 0 Å². The Hall–Kier alpha value is 0. The molecule has 0 radical (unpaired) electrons. The van der Waals surface area contributed by atoms with Gasteiger partial charge in [0.2, 0.25) is 0 Å². The molecule has 0 aromatic carbocycles. The first-order chi connectivity index (χ1) is 39.4. The zero-order chi connectivity index (χ0) is 56.4. The van der Waals surface area contributed by atoms with Crippen LogP contribution >= 0.6 is 0 Å². The van der Waals surface area contributed by atoms with Gasteiger partial charge < -0.3 is 0 Å². The summed E-state index contributed by atoms with van der Waals surface area (Å²) in [5.74, 6) is 0. The van der Waals surface area contributed by atoms with E-state index in [1.807, 2.05) is 0 Å². The van der Waals surface area contributed by atoms with Crippen LogP contribution in [-0.2, 0) is 0 Å². The summed E-state index contributed by atoms with van der Waals surface area (Å²) in [5.41, 5.74) is 0. The molecule has 0 fully saturated rings. The molecule has 0 nitrogen and oxygen atoms in total. The molecule has 0 bridgehead atoms. The van der Waals surface area contributed by atoms with Gasteiger partial charge in [0.25, 0.3) is 0 Å².